The van der Waals surface area contributed by atoms with Crippen LogP contribution in [-0.4, -0.2) is 54.1 Å². The summed E-state index contributed by atoms with van der Waals surface area (Å²) in [6.45, 7) is -0.0202. The second-order valence-corrected chi connectivity index (χ2v) is 8.30. The average molecular weight is 536 g/mol. The van der Waals surface area contributed by atoms with Gasteiger partial charge < -0.3 is 10.1 Å². The Labute approximate surface area is 187 Å². The van der Waals surface area contributed by atoms with Gasteiger partial charge in [0.1, 0.15) is 11.9 Å². The van der Waals surface area contributed by atoms with Crippen molar-refractivity contribution in [2.75, 3.05) is 19.0 Å². The summed E-state index contributed by atoms with van der Waals surface area (Å²) in [7, 11) is -3.08. The zero-order chi connectivity index (χ0) is 23.5. The molecule has 0 aliphatic heterocycles. The Kier molecular flexibility index (Phi) is 7.02. The quantitative estimate of drug-likeness (QED) is 0.309. The van der Waals surface area contributed by atoms with Gasteiger partial charge in [0.25, 0.3) is 10.2 Å². The van der Waals surface area contributed by atoms with Gasteiger partial charge in [0.15, 0.2) is 5.69 Å². The monoisotopic (exact) mass is 535 g/mol. The first-order valence-corrected chi connectivity index (χ1v) is 10.9. The highest BCUT2D eigenvalue weighted by Gasteiger charge is 2.25. The molecule has 0 radical (unpaired) electrons. The molecule has 1 aromatic carbocycles. The lowest BCUT2D eigenvalue weighted by Gasteiger charge is -2.14. The van der Waals surface area contributed by atoms with Gasteiger partial charge in [-0.15, -0.1) is 0 Å². The van der Waals surface area contributed by atoms with Crippen LogP contribution in [0.4, 0.5) is 10.2 Å². The van der Waals surface area contributed by atoms with Gasteiger partial charge in [-0.3, -0.25) is 9.32 Å². The molecular formula is C15H15BrFN7O7S. The molecule has 3 rings (SSSR count). The number of aromatic nitrogens is 4. The molecule has 0 spiro atoms. The van der Waals surface area contributed by atoms with Crippen molar-refractivity contribution >= 4 is 37.9 Å². The highest BCUT2D eigenvalue weighted by Crippen LogP contribution is 2.26. The van der Waals surface area contributed by atoms with E-state index in [4.69, 9.17) is 14.3 Å². The smallest absolute Gasteiger partial charge is 0.446 e. The summed E-state index contributed by atoms with van der Waals surface area (Å²) in [6, 6.07) is 2.52. The Bertz CT molecular complexity index is 1290. The first-order chi connectivity index (χ1) is 15.1. The van der Waals surface area contributed by atoms with Gasteiger partial charge in [-0.1, -0.05) is 5.16 Å². The van der Waals surface area contributed by atoms with E-state index in [0.717, 1.165) is 17.7 Å². The van der Waals surface area contributed by atoms with Crippen molar-refractivity contribution in [2.45, 2.75) is 12.5 Å². The minimum absolute atomic E-state index is 0.00690. The van der Waals surface area contributed by atoms with Crippen molar-refractivity contribution in [1.82, 2.24) is 24.8 Å². The number of benzene rings is 1. The summed E-state index contributed by atoms with van der Waals surface area (Å²) in [5, 5.41) is 18.7. The summed E-state index contributed by atoms with van der Waals surface area (Å²) in [5.74, 6) is -2.38. The van der Waals surface area contributed by atoms with Crippen LogP contribution in [0.3, 0.4) is 0 Å². The van der Waals surface area contributed by atoms with Crippen molar-refractivity contribution in [3.63, 3.8) is 0 Å². The number of nitrogens with zero attached hydrogens (tertiary/aromatic N) is 4. The molecular weight excluding hydrogens is 521 g/mol. The van der Waals surface area contributed by atoms with Crippen LogP contribution in [0.5, 0.6) is 0 Å². The second-order valence-electron chi connectivity index (χ2n) is 6.12. The van der Waals surface area contributed by atoms with Crippen molar-refractivity contribution < 1.29 is 31.5 Å². The Morgan fingerprint density at radius 3 is 2.78 bits per heavy atom. The van der Waals surface area contributed by atoms with E-state index in [1.165, 1.54) is 12.1 Å². The average Bonchev–Trinajstić information content (AvgIpc) is 3.34. The number of esters is 1. The molecule has 0 fully saturated rings. The molecule has 1 atom stereocenters. The van der Waals surface area contributed by atoms with Crippen LogP contribution in [0.15, 0.2) is 36.6 Å². The number of halogens is 2. The number of methoxy groups -OCH3 is 1. The molecule has 172 valence electrons. The largest absolute Gasteiger partial charge is 0.468 e. The zero-order valence-corrected chi connectivity index (χ0v) is 18.5. The van der Waals surface area contributed by atoms with Gasteiger partial charge in [0.2, 0.25) is 11.6 Å². The molecule has 0 amide bonds. The van der Waals surface area contributed by atoms with Crippen LogP contribution in [0.25, 0.3) is 17.2 Å². The van der Waals surface area contributed by atoms with Gasteiger partial charge >= 0.3 is 11.7 Å². The predicted octanol–water partition coefficient (Wildman–Crippen LogP) is -0.0862. The number of carbonyl (C=O) groups excluding carboxylic acids is 1. The topological polar surface area (TPSA) is 197 Å². The third-order valence-electron chi connectivity index (χ3n) is 3.98. The maximum Gasteiger partial charge on any atom is 0.446 e. The number of hydrogen-bond acceptors (Lipinski definition) is 11. The van der Waals surface area contributed by atoms with Crippen LogP contribution in [0, 0.1) is 5.82 Å². The van der Waals surface area contributed by atoms with Crippen molar-refractivity contribution in [3.05, 3.63) is 39.0 Å². The lowest BCUT2D eigenvalue weighted by atomic mass is 10.2. The molecule has 17 heteroatoms. The summed E-state index contributed by atoms with van der Waals surface area (Å²) >= 11 is 3.03. The van der Waals surface area contributed by atoms with Crippen molar-refractivity contribution in [1.29, 1.82) is 0 Å². The minimum Gasteiger partial charge on any atom is -0.468 e. The van der Waals surface area contributed by atoms with Gasteiger partial charge in [-0.05, 0) is 50.9 Å². The third-order valence-corrected chi connectivity index (χ3v) is 5.20. The molecule has 2 aromatic heterocycles. The van der Waals surface area contributed by atoms with Crippen LogP contribution >= 0.6 is 15.9 Å². The molecule has 2 heterocycles. The molecule has 0 aliphatic rings. The molecule has 0 aliphatic carbocycles. The lowest BCUT2D eigenvalue weighted by molar-refractivity contribution is -0.142. The van der Waals surface area contributed by atoms with Crippen LogP contribution in [0.1, 0.15) is 6.42 Å². The normalized spacial score (nSPS) is 12.5. The first kappa shape index (κ1) is 23.5. The summed E-state index contributed by atoms with van der Waals surface area (Å²) < 4.78 is 53.0. The molecule has 0 saturated heterocycles. The lowest BCUT2D eigenvalue weighted by Crippen LogP contribution is -2.45. The molecule has 3 aromatic rings. The number of nitrogens with two attached hydrogens (primary N) is 1. The van der Waals surface area contributed by atoms with Crippen LogP contribution < -0.4 is 20.9 Å². The fourth-order valence-electron chi connectivity index (χ4n) is 2.60. The van der Waals surface area contributed by atoms with Crippen LogP contribution in [-0.2, 0) is 19.7 Å². The summed E-state index contributed by atoms with van der Waals surface area (Å²) in [6.07, 6.45) is -0.0913. The van der Waals surface area contributed by atoms with Crippen molar-refractivity contribution in [3.8, 4) is 17.2 Å². The first-order valence-electron chi connectivity index (χ1n) is 8.59. The van der Waals surface area contributed by atoms with Crippen LogP contribution in [0.2, 0.25) is 0 Å². The van der Waals surface area contributed by atoms with E-state index in [1.807, 2.05) is 4.72 Å². The van der Waals surface area contributed by atoms with E-state index in [0.29, 0.717) is 0 Å². The summed E-state index contributed by atoms with van der Waals surface area (Å²) in [5.41, 5.74) is 0.182. The van der Waals surface area contributed by atoms with Crippen molar-refractivity contribution in [2.24, 2.45) is 5.14 Å². The molecule has 4 N–H and O–H groups in total. The number of carbonyl (C=O) groups is 1. The zero-order valence-electron chi connectivity index (χ0n) is 16.1. The highest BCUT2D eigenvalue weighted by molar-refractivity contribution is 9.10. The highest BCUT2D eigenvalue weighted by atomic mass is 79.9. The number of ether oxygens (including phenoxy) is 1. The standard InChI is InChI=1S/C15H15BrFN7O7S/c1-29-14(25)10(23-32(18,27)28)4-5-19-12-11(20-31-21-12)13-22-30-15(26)24(13)7-2-3-9(17)8(16)6-7/h2-3,6,10,23H,4-5H2,1H3,(H,19,21)(H2,18,27,28)/t10-/m1/s1. The molecule has 0 saturated carbocycles. The fraction of sp³-hybridized carbons (Fsp3) is 0.267. The molecule has 0 bridgehead atoms. The van der Waals surface area contributed by atoms with Gasteiger partial charge in [-0.25, -0.2) is 23.5 Å². The molecule has 14 nitrogen and oxygen atoms in total. The molecule has 0 unspecified atom stereocenters. The van der Waals surface area contributed by atoms with E-state index in [1.54, 1.807) is 0 Å². The SMILES string of the molecule is COC(=O)[C@@H](CCNc1nonc1-c1noc(=O)n1-c1ccc(F)c(Br)c1)NS(N)(=O)=O. The maximum absolute atomic E-state index is 13.6. The van der Waals surface area contributed by atoms with E-state index < -0.39 is 33.8 Å². The second kappa shape index (κ2) is 9.55. The number of anilines is 1. The van der Waals surface area contributed by atoms with Gasteiger partial charge in [-0.2, -0.15) is 13.1 Å². The summed E-state index contributed by atoms with van der Waals surface area (Å²) in [4.78, 5) is 23.9. The van der Waals surface area contributed by atoms with E-state index in [2.05, 4.69) is 41.5 Å². The Morgan fingerprint density at radius 1 is 1.38 bits per heavy atom. The van der Waals surface area contributed by atoms with E-state index in [9.17, 15) is 22.4 Å². The Hall–Kier alpha value is -3.15. The minimum atomic E-state index is -4.17. The third kappa shape index (κ3) is 5.36. The number of rotatable bonds is 9. The Morgan fingerprint density at radius 2 is 2.12 bits per heavy atom. The number of hydrogen-bond donors (Lipinski definition) is 3. The number of nitrogens with one attached hydrogen (secondary N) is 2. The maximum atomic E-state index is 13.6. The Balaban J connectivity index is 1.83. The van der Waals surface area contributed by atoms with Gasteiger partial charge in [0.05, 0.1) is 17.3 Å². The van der Waals surface area contributed by atoms with E-state index >= 15 is 0 Å². The van der Waals surface area contributed by atoms with E-state index in [-0.39, 0.29) is 40.5 Å². The molecule has 32 heavy (non-hydrogen) atoms. The fourth-order valence-corrected chi connectivity index (χ4v) is 3.58. The predicted molar refractivity (Wildman–Crippen MR) is 108 cm³/mol. The van der Waals surface area contributed by atoms with Gasteiger partial charge in [0, 0.05) is 6.54 Å².